The van der Waals surface area contributed by atoms with Crippen LogP contribution in [0.1, 0.15) is 22.6 Å². The van der Waals surface area contributed by atoms with E-state index in [-0.39, 0.29) is 5.91 Å². The van der Waals surface area contributed by atoms with Crippen molar-refractivity contribution in [1.82, 2.24) is 15.3 Å². The van der Waals surface area contributed by atoms with Crippen LogP contribution in [0.2, 0.25) is 0 Å². The fourth-order valence-electron chi connectivity index (χ4n) is 3.66. The fraction of sp³-hybridized carbons (Fsp3) is 0.400. The van der Waals surface area contributed by atoms with E-state index in [1.807, 2.05) is 31.2 Å². The van der Waals surface area contributed by atoms with Crippen molar-refractivity contribution in [2.45, 2.75) is 13.3 Å². The number of carbonyl (C=O) groups is 1. The van der Waals surface area contributed by atoms with Crippen molar-refractivity contribution in [3.63, 3.8) is 0 Å². The van der Waals surface area contributed by atoms with Gasteiger partial charge < -0.3 is 19.9 Å². The molecule has 0 unspecified atom stereocenters. The van der Waals surface area contributed by atoms with Gasteiger partial charge >= 0.3 is 0 Å². The molecule has 1 aliphatic heterocycles. The molecule has 1 fully saturated rings. The summed E-state index contributed by atoms with van der Waals surface area (Å²) in [5.41, 5.74) is 3.40. The number of amides is 1. The Balaban J connectivity index is 1.44. The molecule has 1 amide bonds. The Morgan fingerprint density at radius 2 is 2.08 bits per heavy atom. The zero-order valence-electron chi connectivity index (χ0n) is 15.1. The number of morpholine rings is 1. The number of ether oxygens (including phenoxy) is 1. The van der Waals surface area contributed by atoms with Gasteiger partial charge in [-0.3, -0.25) is 4.79 Å². The summed E-state index contributed by atoms with van der Waals surface area (Å²) in [7, 11) is 0. The lowest BCUT2D eigenvalue weighted by Gasteiger charge is -2.23. The van der Waals surface area contributed by atoms with Crippen molar-refractivity contribution in [3.05, 3.63) is 41.7 Å². The van der Waals surface area contributed by atoms with Gasteiger partial charge in [-0.25, -0.2) is 4.98 Å². The van der Waals surface area contributed by atoms with Crippen molar-refractivity contribution in [1.29, 1.82) is 0 Å². The summed E-state index contributed by atoms with van der Waals surface area (Å²) >= 11 is 0. The Labute approximate surface area is 152 Å². The van der Waals surface area contributed by atoms with Crippen molar-refractivity contribution in [2.24, 2.45) is 0 Å². The zero-order chi connectivity index (χ0) is 17.9. The smallest absolute Gasteiger partial charge is 0.269 e. The van der Waals surface area contributed by atoms with Gasteiger partial charge in [-0.2, -0.15) is 0 Å². The van der Waals surface area contributed by atoms with E-state index in [1.165, 1.54) is 0 Å². The SMILES string of the molecule is Cc1nc(C(=O)NCCC[NH+]2CCOCC2)cc2c1[nH]c1ccccc12. The number of H-pyrrole nitrogens is 1. The molecule has 0 radical (unpaired) electrons. The number of aromatic nitrogens is 2. The number of hydrogen-bond acceptors (Lipinski definition) is 3. The molecule has 136 valence electrons. The molecule has 3 heterocycles. The minimum Gasteiger partial charge on any atom is -0.370 e. The average Bonchev–Trinajstić information content (AvgIpc) is 3.05. The molecular weight excluding hydrogens is 328 g/mol. The third kappa shape index (κ3) is 3.43. The Bertz CT molecular complexity index is 928. The minimum absolute atomic E-state index is 0.0998. The van der Waals surface area contributed by atoms with Gasteiger partial charge in [0, 0.05) is 29.3 Å². The number of rotatable bonds is 5. The van der Waals surface area contributed by atoms with E-state index in [1.54, 1.807) is 4.90 Å². The normalized spacial score (nSPS) is 15.6. The van der Waals surface area contributed by atoms with E-state index in [0.29, 0.717) is 12.2 Å². The Morgan fingerprint density at radius 1 is 1.27 bits per heavy atom. The van der Waals surface area contributed by atoms with Crippen molar-refractivity contribution < 1.29 is 14.4 Å². The standard InChI is InChI=1S/C20H24N4O2/c1-14-19-16(15-5-2-3-6-17(15)23-19)13-18(22-14)20(25)21-7-4-8-24-9-11-26-12-10-24/h2-3,5-6,13,23H,4,7-12H2,1H3,(H,21,25)/p+1. The van der Waals surface area contributed by atoms with Crippen LogP contribution in [0.3, 0.4) is 0 Å². The highest BCUT2D eigenvalue weighted by Crippen LogP contribution is 2.27. The third-order valence-electron chi connectivity index (χ3n) is 5.10. The summed E-state index contributed by atoms with van der Waals surface area (Å²) < 4.78 is 5.37. The lowest BCUT2D eigenvalue weighted by atomic mass is 10.1. The van der Waals surface area contributed by atoms with E-state index in [0.717, 1.165) is 66.8 Å². The van der Waals surface area contributed by atoms with Gasteiger partial charge in [0.1, 0.15) is 18.8 Å². The summed E-state index contributed by atoms with van der Waals surface area (Å²) in [4.78, 5) is 22.0. The van der Waals surface area contributed by atoms with Crippen molar-refractivity contribution in [3.8, 4) is 0 Å². The number of quaternary nitrogens is 1. The number of aromatic amines is 1. The first-order valence-corrected chi connectivity index (χ1v) is 9.30. The monoisotopic (exact) mass is 353 g/mol. The summed E-state index contributed by atoms with van der Waals surface area (Å²) in [5.74, 6) is -0.0998. The van der Waals surface area contributed by atoms with Crippen LogP contribution in [0.25, 0.3) is 21.8 Å². The number of fused-ring (bicyclic) bond motifs is 3. The molecule has 6 nitrogen and oxygen atoms in total. The number of carbonyl (C=O) groups excluding carboxylic acids is 1. The van der Waals surface area contributed by atoms with Crippen LogP contribution in [-0.4, -0.2) is 55.3 Å². The third-order valence-corrected chi connectivity index (χ3v) is 5.10. The quantitative estimate of drug-likeness (QED) is 0.601. The summed E-state index contributed by atoms with van der Waals surface area (Å²) in [6.45, 7) is 7.49. The summed E-state index contributed by atoms with van der Waals surface area (Å²) in [5, 5.41) is 5.19. The highest BCUT2D eigenvalue weighted by molar-refractivity contribution is 6.10. The molecule has 0 bridgehead atoms. The van der Waals surface area contributed by atoms with Crippen LogP contribution < -0.4 is 10.2 Å². The van der Waals surface area contributed by atoms with E-state index in [4.69, 9.17) is 4.74 Å². The van der Waals surface area contributed by atoms with Crippen LogP contribution in [0, 0.1) is 6.92 Å². The van der Waals surface area contributed by atoms with Gasteiger partial charge in [-0.05, 0) is 19.1 Å². The van der Waals surface area contributed by atoms with Crippen molar-refractivity contribution >= 4 is 27.7 Å². The average molecular weight is 353 g/mol. The van der Waals surface area contributed by atoms with Gasteiger partial charge in [0.2, 0.25) is 0 Å². The lowest BCUT2D eigenvalue weighted by molar-refractivity contribution is -0.908. The van der Waals surface area contributed by atoms with Gasteiger partial charge in [-0.1, -0.05) is 18.2 Å². The lowest BCUT2D eigenvalue weighted by Crippen LogP contribution is -3.14. The summed E-state index contributed by atoms with van der Waals surface area (Å²) in [6, 6.07) is 10.0. The molecule has 4 rings (SSSR count). The van der Waals surface area contributed by atoms with E-state index < -0.39 is 0 Å². The zero-order valence-corrected chi connectivity index (χ0v) is 15.1. The predicted molar refractivity (Wildman–Crippen MR) is 102 cm³/mol. The van der Waals surface area contributed by atoms with Gasteiger partial charge in [0.25, 0.3) is 5.91 Å². The molecule has 1 aromatic carbocycles. The predicted octanol–water partition coefficient (Wildman–Crippen LogP) is 1.06. The maximum absolute atomic E-state index is 12.5. The number of hydrogen-bond donors (Lipinski definition) is 3. The van der Waals surface area contributed by atoms with Crippen LogP contribution in [0.4, 0.5) is 0 Å². The molecule has 0 spiro atoms. The molecule has 6 heteroatoms. The maximum Gasteiger partial charge on any atom is 0.269 e. The second-order valence-corrected chi connectivity index (χ2v) is 6.91. The second-order valence-electron chi connectivity index (χ2n) is 6.91. The topological polar surface area (TPSA) is 71.4 Å². The largest absolute Gasteiger partial charge is 0.370 e. The number of nitrogens with one attached hydrogen (secondary N) is 3. The minimum atomic E-state index is -0.0998. The number of pyridine rings is 1. The molecule has 0 atom stereocenters. The Morgan fingerprint density at radius 3 is 2.92 bits per heavy atom. The molecule has 26 heavy (non-hydrogen) atoms. The number of benzene rings is 1. The van der Waals surface area contributed by atoms with E-state index in [2.05, 4.69) is 21.4 Å². The highest BCUT2D eigenvalue weighted by Gasteiger charge is 2.15. The first kappa shape index (κ1) is 17.0. The van der Waals surface area contributed by atoms with Gasteiger partial charge in [-0.15, -0.1) is 0 Å². The maximum atomic E-state index is 12.5. The molecule has 0 saturated carbocycles. The van der Waals surface area contributed by atoms with Crippen LogP contribution >= 0.6 is 0 Å². The first-order chi connectivity index (χ1) is 12.7. The molecule has 2 aromatic heterocycles. The van der Waals surface area contributed by atoms with E-state index in [9.17, 15) is 4.79 Å². The number of nitrogens with zero attached hydrogens (tertiary/aromatic N) is 1. The van der Waals surface area contributed by atoms with Crippen LogP contribution in [0.5, 0.6) is 0 Å². The van der Waals surface area contributed by atoms with E-state index >= 15 is 0 Å². The van der Waals surface area contributed by atoms with Gasteiger partial charge in [0.05, 0.1) is 31.0 Å². The second kappa shape index (κ2) is 7.43. The molecule has 1 saturated heterocycles. The van der Waals surface area contributed by atoms with Gasteiger partial charge in [0.15, 0.2) is 0 Å². The molecular formula is C20H25N4O2+. The van der Waals surface area contributed by atoms with Crippen molar-refractivity contribution in [2.75, 3.05) is 39.4 Å². The Kier molecular flexibility index (Phi) is 4.86. The fourth-order valence-corrected chi connectivity index (χ4v) is 3.66. The molecule has 1 aliphatic rings. The number of aryl methyl sites for hydroxylation is 1. The Hall–Kier alpha value is -2.44. The highest BCUT2D eigenvalue weighted by atomic mass is 16.5. The van der Waals surface area contributed by atoms with Crippen LogP contribution in [-0.2, 0) is 4.74 Å². The van der Waals surface area contributed by atoms with Crippen LogP contribution in [0.15, 0.2) is 30.3 Å². The molecule has 3 aromatic rings. The first-order valence-electron chi connectivity index (χ1n) is 9.30. The molecule has 0 aliphatic carbocycles. The number of para-hydroxylation sites is 1. The molecule has 3 N–H and O–H groups in total. The summed E-state index contributed by atoms with van der Waals surface area (Å²) in [6.07, 6.45) is 0.968.